The Labute approximate surface area is 160 Å². The first-order valence-electron chi connectivity index (χ1n) is 8.92. The van der Waals surface area contributed by atoms with Crippen LogP contribution in [0.3, 0.4) is 0 Å². The van der Waals surface area contributed by atoms with Gasteiger partial charge in [0.1, 0.15) is 16.5 Å². The molecule has 0 unspecified atom stereocenters. The molecule has 3 aromatic rings. The molecule has 0 spiro atoms. The van der Waals surface area contributed by atoms with Gasteiger partial charge in [-0.25, -0.2) is 14.6 Å². The number of rotatable bonds is 3. The number of hydrogen-bond donors (Lipinski definition) is 1. The monoisotopic (exact) mass is 389 g/mol. The molecule has 0 aromatic carbocycles. The molecule has 0 aliphatic heterocycles. The quantitative estimate of drug-likeness (QED) is 0.540. The third kappa shape index (κ3) is 3.29. The maximum atomic E-state index is 6.33. The van der Waals surface area contributed by atoms with Gasteiger partial charge < -0.3 is 5.73 Å². The van der Waals surface area contributed by atoms with Gasteiger partial charge in [0, 0.05) is 4.88 Å². The molecule has 0 fully saturated rings. The lowest BCUT2D eigenvalue weighted by atomic mass is 10.1. The van der Waals surface area contributed by atoms with Crippen molar-refractivity contribution < 1.29 is 0 Å². The standard InChI is InChI=1S/C17H23N7S2/c1-17(2,3)24-16(21-22-23-24)25-9-12-19-14(18)13-10-7-5-4-6-8-11(10)26-15(13)20-12/h4-9H2,1-3H3,(H2,18,19,20). The van der Waals surface area contributed by atoms with Crippen LogP contribution in [-0.4, -0.2) is 30.2 Å². The van der Waals surface area contributed by atoms with Crippen molar-refractivity contribution in [1.29, 1.82) is 0 Å². The third-order valence-electron chi connectivity index (χ3n) is 4.55. The van der Waals surface area contributed by atoms with E-state index in [-0.39, 0.29) is 5.54 Å². The molecule has 1 aliphatic rings. The van der Waals surface area contributed by atoms with Gasteiger partial charge in [0.2, 0.25) is 5.16 Å². The van der Waals surface area contributed by atoms with Crippen LogP contribution in [-0.2, 0) is 24.1 Å². The average Bonchev–Trinajstić information content (AvgIpc) is 3.12. The van der Waals surface area contributed by atoms with Crippen LogP contribution in [0.2, 0.25) is 0 Å². The normalized spacial score (nSPS) is 15.2. The van der Waals surface area contributed by atoms with Crippen LogP contribution in [0.25, 0.3) is 10.2 Å². The topological polar surface area (TPSA) is 95.4 Å². The third-order valence-corrected chi connectivity index (χ3v) is 6.65. The van der Waals surface area contributed by atoms with Crippen LogP contribution in [0.15, 0.2) is 5.16 Å². The van der Waals surface area contributed by atoms with Crippen molar-refractivity contribution in [3.05, 3.63) is 16.3 Å². The minimum absolute atomic E-state index is 0.166. The lowest BCUT2D eigenvalue weighted by Crippen LogP contribution is -2.24. The zero-order valence-electron chi connectivity index (χ0n) is 15.3. The lowest BCUT2D eigenvalue weighted by Gasteiger charge is -2.19. The van der Waals surface area contributed by atoms with E-state index in [2.05, 4.69) is 41.3 Å². The highest BCUT2D eigenvalue weighted by atomic mass is 32.2. The molecule has 0 saturated heterocycles. The van der Waals surface area contributed by atoms with E-state index in [0.29, 0.717) is 11.6 Å². The summed E-state index contributed by atoms with van der Waals surface area (Å²) in [5, 5.41) is 13.9. The summed E-state index contributed by atoms with van der Waals surface area (Å²) in [4.78, 5) is 11.8. The van der Waals surface area contributed by atoms with Gasteiger partial charge >= 0.3 is 0 Å². The lowest BCUT2D eigenvalue weighted by molar-refractivity contribution is 0.321. The average molecular weight is 390 g/mol. The summed E-state index contributed by atoms with van der Waals surface area (Å²) < 4.78 is 1.83. The second-order valence-electron chi connectivity index (χ2n) is 7.60. The molecule has 7 nitrogen and oxygen atoms in total. The molecular formula is C17H23N7S2. The molecule has 0 bridgehead atoms. The van der Waals surface area contributed by atoms with Gasteiger partial charge in [-0.2, -0.15) is 0 Å². The van der Waals surface area contributed by atoms with Gasteiger partial charge in [0.05, 0.1) is 16.7 Å². The number of aromatic nitrogens is 6. The van der Waals surface area contributed by atoms with Crippen molar-refractivity contribution in [2.24, 2.45) is 0 Å². The van der Waals surface area contributed by atoms with E-state index in [1.807, 2.05) is 4.68 Å². The van der Waals surface area contributed by atoms with Crippen molar-refractivity contribution >= 4 is 39.1 Å². The molecule has 2 N–H and O–H groups in total. The van der Waals surface area contributed by atoms with Gasteiger partial charge in [-0.1, -0.05) is 18.2 Å². The second kappa shape index (κ2) is 6.77. The number of hydrogen-bond acceptors (Lipinski definition) is 8. The van der Waals surface area contributed by atoms with E-state index >= 15 is 0 Å². The Morgan fingerprint density at radius 1 is 1.15 bits per heavy atom. The van der Waals surface area contributed by atoms with Crippen LogP contribution >= 0.6 is 23.1 Å². The highest BCUT2D eigenvalue weighted by Crippen LogP contribution is 2.37. The molecule has 0 saturated carbocycles. The first-order chi connectivity index (χ1) is 12.4. The summed E-state index contributed by atoms with van der Waals surface area (Å²) in [5.74, 6) is 1.94. The number of nitrogens with zero attached hydrogens (tertiary/aromatic N) is 6. The number of thiophene rings is 1. The molecule has 26 heavy (non-hydrogen) atoms. The van der Waals surface area contributed by atoms with Crippen LogP contribution in [0.1, 0.15) is 56.3 Å². The Hall–Kier alpha value is -1.74. The molecule has 0 radical (unpaired) electrons. The van der Waals surface area contributed by atoms with Gasteiger partial charge in [-0.3, -0.25) is 0 Å². The van der Waals surface area contributed by atoms with Crippen LogP contribution in [0, 0.1) is 0 Å². The van der Waals surface area contributed by atoms with Crippen LogP contribution in [0.4, 0.5) is 5.82 Å². The Balaban J connectivity index is 1.61. The van der Waals surface area contributed by atoms with Gasteiger partial charge in [-0.15, -0.1) is 16.4 Å². The molecule has 9 heteroatoms. The van der Waals surface area contributed by atoms with Crippen molar-refractivity contribution in [3.8, 4) is 0 Å². The number of aryl methyl sites for hydroxylation is 2. The molecular weight excluding hydrogens is 366 g/mol. The number of anilines is 1. The molecule has 0 atom stereocenters. The number of thioether (sulfide) groups is 1. The summed E-state index contributed by atoms with van der Waals surface area (Å²) in [6.45, 7) is 6.23. The molecule has 4 rings (SSSR count). The first-order valence-corrected chi connectivity index (χ1v) is 10.7. The van der Waals surface area contributed by atoms with E-state index in [9.17, 15) is 0 Å². The summed E-state index contributed by atoms with van der Waals surface area (Å²) in [7, 11) is 0. The molecule has 3 aromatic heterocycles. The predicted molar refractivity (Wildman–Crippen MR) is 105 cm³/mol. The highest BCUT2D eigenvalue weighted by molar-refractivity contribution is 7.98. The van der Waals surface area contributed by atoms with E-state index in [1.54, 1.807) is 23.1 Å². The first kappa shape index (κ1) is 17.7. The molecule has 0 amide bonds. The van der Waals surface area contributed by atoms with Gasteiger partial charge in [-0.05, 0) is 62.4 Å². The number of nitrogens with two attached hydrogens (primary N) is 1. The number of tetrazole rings is 1. The SMILES string of the molecule is CC(C)(C)n1nnnc1SCc1nc(N)c2c3c(sc2n1)CCCCC3. The smallest absolute Gasteiger partial charge is 0.210 e. The fourth-order valence-corrected chi connectivity index (χ4v) is 5.49. The van der Waals surface area contributed by atoms with E-state index < -0.39 is 0 Å². The molecule has 3 heterocycles. The predicted octanol–water partition coefficient (Wildman–Crippen LogP) is 3.58. The van der Waals surface area contributed by atoms with Crippen molar-refractivity contribution in [2.45, 2.75) is 69.3 Å². The van der Waals surface area contributed by atoms with Crippen molar-refractivity contribution in [2.75, 3.05) is 5.73 Å². The van der Waals surface area contributed by atoms with Crippen molar-refractivity contribution in [1.82, 2.24) is 30.2 Å². The largest absolute Gasteiger partial charge is 0.383 e. The Bertz CT molecular complexity index is 939. The van der Waals surface area contributed by atoms with E-state index in [1.165, 1.54) is 29.7 Å². The second-order valence-corrected chi connectivity index (χ2v) is 9.63. The maximum Gasteiger partial charge on any atom is 0.210 e. The highest BCUT2D eigenvalue weighted by Gasteiger charge is 2.22. The fraction of sp³-hybridized carbons (Fsp3) is 0.588. The van der Waals surface area contributed by atoms with E-state index in [4.69, 9.17) is 10.7 Å². The number of fused-ring (bicyclic) bond motifs is 3. The Kier molecular flexibility index (Phi) is 4.60. The summed E-state index contributed by atoms with van der Waals surface area (Å²) in [6, 6.07) is 0. The Morgan fingerprint density at radius 2 is 1.96 bits per heavy atom. The zero-order valence-corrected chi connectivity index (χ0v) is 17.0. The fourth-order valence-electron chi connectivity index (χ4n) is 3.29. The van der Waals surface area contributed by atoms with Crippen LogP contribution in [0.5, 0.6) is 0 Å². The van der Waals surface area contributed by atoms with Crippen molar-refractivity contribution in [3.63, 3.8) is 0 Å². The minimum Gasteiger partial charge on any atom is -0.383 e. The Morgan fingerprint density at radius 3 is 2.77 bits per heavy atom. The van der Waals surface area contributed by atoms with Gasteiger partial charge in [0.25, 0.3) is 0 Å². The van der Waals surface area contributed by atoms with Crippen LogP contribution < -0.4 is 5.73 Å². The molecule has 1 aliphatic carbocycles. The number of nitrogen functional groups attached to an aromatic ring is 1. The zero-order chi connectivity index (χ0) is 18.3. The summed E-state index contributed by atoms with van der Waals surface area (Å²) in [5.41, 5.74) is 7.54. The summed E-state index contributed by atoms with van der Waals surface area (Å²) in [6.07, 6.45) is 6.01. The molecule has 138 valence electrons. The minimum atomic E-state index is -0.166. The van der Waals surface area contributed by atoms with Gasteiger partial charge in [0.15, 0.2) is 0 Å². The maximum absolute atomic E-state index is 6.33. The van der Waals surface area contributed by atoms with E-state index in [0.717, 1.165) is 34.0 Å². The summed E-state index contributed by atoms with van der Waals surface area (Å²) >= 11 is 3.33.